The number of carbonyl (C=O) groups excluding carboxylic acids is 1. The first-order chi connectivity index (χ1) is 14.4. The lowest BCUT2D eigenvalue weighted by molar-refractivity contribution is -0.137. The Balaban J connectivity index is 1.67. The zero-order valence-electron chi connectivity index (χ0n) is 16.2. The van der Waals surface area contributed by atoms with Crippen molar-refractivity contribution in [2.24, 2.45) is 0 Å². The summed E-state index contributed by atoms with van der Waals surface area (Å²) in [5, 5.41) is 3.83. The first-order valence-electron chi connectivity index (χ1n) is 9.48. The van der Waals surface area contributed by atoms with Crippen molar-refractivity contribution in [2.45, 2.75) is 25.4 Å². The molecule has 30 heavy (non-hydrogen) atoms. The van der Waals surface area contributed by atoms with E-state index in [1.807, 2.05) is 24.3 Å². The number of para-hydroxylation sites is 1. The maximum absolute atomic E-state index is 12.7. The summed E-state index contributed by atoms with van der Waals surface area (Å²) in [4.78, 5) is 16.8. The second-order valence-corrected chi connectivity index (χ2v) is 6.84. The van der Waals surface area contributed by atoms with Crippen LogP contribution < -0.4 is 5.32 Å². The number of anilines is 1. The zero-order chi connectivity index (χ0) is 21.6. The number of nitrogens with zero attached hydrogens (tertiary/aromatic N) is 1. The summed E-state index contributed by atoms with van der Waals surface area (Å²) in [6.07, 6.45) is 2.08. The number of halogens is 3. The van der Waals surface area contributed by atoms with Gasteiger partial charge in [0, 0.05) is 18.0 Å². The van der Waals surface area contributed by atoms with Crippen LogP contribution in [-0.4, -0.2) is 10.9 Å². The monoisotopic (exact) mass is 410 g/mol. The van der Waals surface area contributed by atoms with Crippen LogP contribution in [0.25, 0.3) is 17.0 Å². The van der Waals surface area contributed by atoms with Gasteiger partial charge < -0.3 is 5.32 Å². The standard InChI is InChI=1S/C24H21F3N2O/c1-2-5-17(16-18-9-12-20(13-10-18)24(25,26)27)11-14-22(30)29-21-8-3-6-19-7-4-15-28-23(19)21/h2-4,6-10,12-13,15-16H,1,5,11,14H2,(H,29,30). The fourth-order valence-electron chi connectivity index (χ4n) is 3.11. The average molecular weight is 410 g/mol. The summed E-state index contributed by atoms with van der Waals surface area (Å²) < 4.78 is 38.1. The zero-order valence-corrected chi connectivity index (χ0v) is 16.2. The molecule has 0 saturated heterocycles. The number of amides is 1. The van der Waals surface area contributed by atoms with Crippen molar-refractivity contribution in [3.05, 3.63) is 90.1 Å². The van der Waals surface area contributed by atoms with Crippen LogP contribution in [0.2, 0.25) is 0 Å². The van der Waals surface area contributed by atoms with Gasteiger partial charge in [-0.3, -0.25) is 9.78 Å². The van der Waals surface area contributed by atoms with Gasteiger partial charge in [-0.2, -0.15) is 13.2 Å². The molecule has 1 amide bonds. The van der Waals surface area contributed by atoms with Crippen LogP contribution in [0.3, 0.4) is 0 Å². The lowest BCUT2D eigenvalue weighted by atomic mass is 10.0. The van der Waals surface area contributed by atoms with E-state index < -0.39 is 11.7 Å². The maximum atomic E-state index is 12.7. The van der Waals surface area contributed by atoms with Crippen LogP contribution in [0.4, 0.5) is 18.9 Å². The van der Waals surface area contributed by atoms with E-state index in [1.165, 1.54) is 12.1 Å². The molecule has 1 N–H and O–H groups in total. The van der Waals surface area contributed by atoms with Crippen molar-refractivity contribution in [2.75, 3.05) is 5.32 Å². The van der Waals surface area contributed by atoms with Gasteiger partial charge in [-0.05, 0) is 42.7 Å². The van der Waals surface area contributed by atoms with Crippen LogP contribution in [0.5, 0.6) is 0 Å². The van der Waals surface area contributed by atoms with E-state index in [9.17, 15) is 18.0 Å². The third-order valence-corrected chi connectivity index (χ3v) is 4.60. The lowest BCUT2D eigenvalue weighted by Gasteiger charge is -2.10. The molecule has 2 aromatic carbocycles. The van der Waals surface area contributed by atoms with Gasteiger partial charge in [0.25, 0.3) is 0 Å². The van der Waals surface area contributed by atoms with Crippen molar-refractivity contribution in [1.29, 1.82) is 0 Å². The topological polar surface area (TPSA) is 42.0 Å². The molecule has 0 saturated carbocycles. The van der Waals surface area contributed by atoms with Crippen molar-refractivity contribution in [3.63, 3.8) is 0 Å². The van der Waals surface area contributed by atoms with Crippen LogP contribution in [0.15, 0.2) is 79.0 Å². The number of hydrogen-bond acceptors (Lipinski definition) is 2. The normalized spacial score (nSPS) is 12.0. The third kappa shape index (κ3) is 5.56. The van der Waals surface area contributed by atoms with Crippen LogP contribution in [0.1, 0.15) is 30.4 Å². The highest BCUT2D eigenvalue weighted by Crippen LogP contribution is 2.29. The predicted octanol–water partition coefficient (Wildman–Crippen LogP) is 6.63. The highest BCUT2D eigenvalue weighted by molar-refractivity contribution is 6.00. The van der Waals surface area contributed by atoms with E-state index in [0.29, 0.717) is 24.1 Å². The Hall–Kier alpha value is -3.41. The fourth-order valence-corrected chi connectivity index (χ4v) is 3.11. The van der Waals surface area contributed by atoms with Gasteiger partial charge >= 0.3 is 6.18 Å². The molecule has 0 spiro atoms. The molecule has 1 aromatic heterocycles. The first-order valence-corrected chi connectivity index (χ1v) is 9.48. The number of carbonyl (C=O) groups is 1. The highest BCUT2D eigenvalue weighted by Gasteiger charge is 2.29. The summed E-state index contributed by atoms with van der Waals surface area (Å²) in [7, 11) is 0. The molecule has 0 radical (unpaired) electrons. The van der Waals surface area contributed by atoms with E-state index in [4.69, 9.17) is 0 Å². The number of hydrogen-bond donors (Lipinski definition) is 1. The number of nitrogens with one attached hydrogen (secondary N) is 1. The van der Waals surface area contributed by atoms with E-state index in [0.717, 1.165) is 28.6 Å². The van der Waals surface area contributed by atoms with Crippen molar-refractivity contribution >= 4 is 28.6 Å². The summed E-state index contributed by atoms with van der Waals surface area (Å²) >= 11 is 0. The van der Waals surface area contributed by atoms with Gasteiger partial charge in [-0.25, -0.2) is 0 Å². The summed E-state index contributed by atoms with van der Waals surface area (Å²) in [6.45, 7) is 3.72. The Morgan fingerprint density at radius 2 is 1.77 bits per heavy atom. The molecular weight excluding hydrogens is 389 g/mol. The smallest absolute Gasteiger partial charge is 0.324 e. The SMILES string of the molecule is C=CCC(=Cc1ccc(C(F)(F)F)cc1)CCC(=O)Nc1cccc2cccnc12. The first kappa shape index (κ1) is 21.3. The fraction of sp³-hybridized carbons (Fsp3) is 0.167. The number of aromatic nitrogens is 1. The summed E-state index contributed by atoms with van der Waals surface area (Å²) in [6, 6.07) is 14.3. The molecule has 6 heteroatoms. The van der Waals surface area contributed by atoms with Gasteiger partial charge in [0.15, 0.2) is 0 Å². The second kappa shape index (κ2) is 9.39. The van der Waals surface area contributed by atoms with E-state index >= 15 is 0 Å². The minimum Gasteiger partial charge on any atom is -0.324 e. The van der Waals surface area contributed by atoms with E-state index in [-0.39, 0.29) is 12.3 Å². The molecular formula is C24H21F3N2O. The largest absolute Gasteiger partial charge is 0.416 e. The molecule has 0 aliphatic rings. The van der Waals surface area contributed by atoms with E-state index in [1.54, 1.807) is 24.4 Å². The lowest BCUT2D eigenvalue weighted by Crippen LogP contribution is -2.12. The van der Waals surface area contributed by atoms with Crippen LogP contribution in [-0.2, 0) is 11.0 Å². The molecule has 0 bridgehead atoms. The van der Waals surface area contributed by atoms with Gasteiger partial charge in [-0.15, -0.1) is 6.58 Å². The molecule has 1 heterocycles. The van der Waals surface area contributed by atoms with E-state index in [2.05, 4.69) is 16.9 Å². The highest BCUT2D eigenvalue weighted by atomic mass is 19.4. The Labute approximate surface area is 173 Å². The molecule has 154 valence electrons. The van der Waals surface area contributed by atoms with Crippen molar-refractivity contribution < 1.29 is 18.0 Å². The number of pyridine rings is 1. The number of alkyl halides is 3. The Bertz CT molecular complexity index is 1060. The predicted molar refractivity (Wildman–Crippen MR) is 114 cm³/mol. The summed E-state index contributed by atoms with van der Waals surface area (Å²) in [5.74, 6) is -0.157. The van der Waals surface area contributed by atoms with Crippen molar-refractivity contribution in [3.8, 4) is 0 Å². The molecule has 0 aliphatic heterocycles. The average Bonchev–Trinajstić information content (AvgIpc) is 2.72. The van der Waals surface area contributed by atoms with Gasteiger partial charge in [-0.1, -0.05) is 48.1 Å². The number of rotatable bonds is 7. The maximum Gasteiger partial charge on any atom is 0.416 e. The van der Waals surface area contributed by atoms with Gasteiger partial charge in [0.2, 0.25) is 5.91 Å². The Morgan fingerprint density at radius 3 is 2.47 bits per heavy atom. The molecule has 3 nitrogen and oxygen atoms in total. The number of benzene rings is 2. The quantitative estimate of drug-likeness (QED) is 0.444. The van der Waals surface area contributed by atoms with Gasteiger partial charge in [0.05, 0.1) is 16.8 Å². The number of allylic oxidation sites excluding steroid dienone is 2. The van der Waals surface area contributed by atoms with Gasteiger partial charge in [0.1, 0.15) is 0 Å². The minimum atomic E-state index is -4.36. The molecule has 0 unspecified atom stereocenters. The number of fused-ring (bicyclic) bond motifs is 1. The summed E-state index contributed by atoms with van der Waals surface area (Å²) in [5.41, 5.74) is 2.25. The molecule has 3 rings (SSSR count). The Kier molecular flexibility index (Phi) is 6.67. The molecule has 0 aliphatic carbocycles. The second-order valence-electron chi connectivity index (χ2n) is 6.84. The van der Waals surface area contributed by atoms with Crippen molar-refractivity contribution in [1.82, 2.24) is 4.98 Å². The van der Waals surface area contributed by atoms with Crippen LogP contribution in [0, 0.1) is 0 Å². The molecule has 0 fully saturated rings. The molecule has 0 atom stereocenters. The van der Waals surface area contributed by atoms with Crippen LogP contribution >= 0.6 is 0 Å². The minimum absolute atomic E-state index is 0.157. The third-order valence-electron chi connectivity index (χ3n) is 4.60. The Morgan fingerprint density at radius 1 is 1.03 bits per heavy atom. The molecule has 3 aromatic rings.